The summed E-state index contributed by atoms with van der Waals surface area (Å²) in [5, 5.41) is 14.6. The molecule has 2 aromatic carbocycles. The van der Waals surface area contributed by atoms with E-state index in [-0.39, 0.29) is 5.41 Å². The zero-order valence-corrected chi connectivity index (χ0v) is 19.9. The lowest BCUT2D eigenvalue weighted by Crippen LogP contribution is -2.13. The molecule has 0 saturated heterocycles. The van der Waals surface area contributed by atoms with Gasteiger partial charge in [0.1, 0.15) is 18.4 Å². The average molecular weight is 457 g/mol. The third kappa shape index (κ3) is 4.76. The Kier molecular flexibility index (Phi) is 6.22. The largest absolute Gasteiger partial charge is 0.486 e. The van der Waals surface area contributed by atoms with Crippen LogP contribution in [0.1, 0.15) is 43.2 Å². The lowest BCUT2D eigenvalue weighted by atomic mass is 9.82. The molecule has 33 heavy (non-hydrogen) atoms. The molecule has 0 fully saturated rings. The SMILES string of the molecule is Cc1c(C(C)(C)C)ccc2ncc(C#N)c(Nc3ccc(OCc4ccccn4)c(Cl)c3)c12. The van der Waals surface area contributed by atoms with E-state index in [9.17, 15) is 5.26 Å². The van der Waals surface area contributed by atoms with Gasteiger partial charge in [0.15, 0.2) is 0 Å². The Bertz CT molecular complexity index is 1350. The first kappa shape index (κ1) is 22.6. The van der Waals surface area contributed by atoms with Crippen molar-refractivity contribution in [2.45, 2.75) is 39.7 Å². The highest BCUT2D eigenvalue weighted by atomic mass is 35.5. The summed E-state index contributed by atoms with van der Waals surface area (Å²) >= 11 is 6.51. The number of nitriles is 1. The van der Waals surface area contributed by atoms with E-state index >= 15 is 0 Å². The number of benzene rings is 2. The Hall–Kier alpha value is -3.62. The molecule has 5 nitrogen and oxygen atoms in total. The molecule has 0 atom stereocenters. The van der Waals surface area contributed by atoms with Crippen LogP contribution in [0.15, 0.2) is 60.9 Å². The second-order valence-corrected chi connectivity index (χ2v) is 9.33. The first-order valence-corrected chi connectivity index (χ1v) is 11.1. The molecule has 0 bridgehead atoms. The highest BCUT2D eigenvalue weighted by Crippen LogP contribution is 2.37. The molecule has 0 unspecified atom stereocenters. The molecule has 0 spiro atoms. The third-order valence-corrected chi connectivity index (χ3v) is 5.82. The van der Waals surface area contributed by atoms with Crippen molar-refractivity contribution in [1.29, 1.82) is 5.26 Å². The summed E-state index contributed by atoms with van der Waals surface area (Å²) in [6.45, 7) is 8.95. The molecule has 2 heterocycles. The van der Waals surface area contributed by atoms with E-state index in [0.29, 0.717) is 22.9 Å². The summed E-state index contributed by atoms with van der Waals surface area (Å²) in [6, 6.07) is 17.6. The quantitative estimate of drug-likeness (QED) is 0.347. The van der Waals surface area contributed by atoms with Crippen LogP contribution >= 0.6 is 11.6 Å². The Morgan fingerprint density at radius 3 is 2.58 bits per heavy atom. The number of anilines is 2. The number of nitrogens with one attached hydrogen (secondary N) is 1. The zero-order chi connectivity index (χ0) is 23.6. The fraction of sp³-hybridized carbons (Fsp3) is 0.222. The zero-order valence-electron chi connectivity index (χ0n) is 19.1. The van der Waals surface area contributed by atoms with Gasteiger partial charge in [-0.3, -0.25) is 9.97 Å². The number of aromatic nitrogens is 2. The van der Waals surface area contributed by atoms with Crippen LogP contribution in [0.4, 0.5) is 11.4 Å². The van der Waals surface area contributed by atoms with E-state index in [2.05, 4.69) is 55.1 Å². The lowest BCUT2D eigenvalue weighted by Gasteiger charge is -2.24. The van der Waals surface area contributed by atoms with Gasteiger partial charge in [0.05, 0.1) is 27.5 Å². The molecule has 0 radical (unpaired) electrons. The van der Waals surface area contributed by atoms with Crippen LogP contribution in [0.5, 0.6) is 5.75 Å². The minimum Gasteiger partial charge on any atom is -0.486 e. The van der Waals surface area contributed by atoms with Crippen LogP contribution in [-0.2, 0) is 12.0 Å². The van der Waals surface area contributed by atoms with E-state index in [4.69, 9.17) is 16.3 Å². The number of fused-ring (bicyclic) bond motifs is 1. The van der Waals surface area contributed by atoms with Crippen molar-refractivity contribution in [2.75, 3.05) is 5.32 Å². The van der Waals surface area contributed by atoms with Crippen LogP contribution in [0.2, 0.25) is 5.02 Å². The van der Waals surface area contributed by atoms with Crippen molar-refractivity contribution in [3.63, 3.8) is 0 Å². The Morgan fingerprint density at radius 1 is 1.09 bits per heavy atom. The molecule has 6 heteroatoms. The van der Waals surface area contributed by atoms with Crippen LogP contribution in [0.25, 0.3) is 10.9 Å². The highest BCUT2D eigenvalue weighted by Gasteiger charge is 2.21. The van der Waals surface area contributed by atoms with Crippen molar-refractivity contribution >= 4 is 33.9 Å². The van der Waals surface area contributed by atoms with Gasteiger partial charge < -0.3 is 10.1 Å². The van der Waals surface area contributed by atoms with Gasteiger partial charge in [-0.25, -0.2) is 0 Å². The van der Waals surface area contributed by atoms with Gasteiger partial charge in [0.2, 0.25) is 0 Å². The first-order chi connectivity index (χ1) is 15.8. The summed E-state index contributed by atoms with van der Waals surface area (Å²) in [5.41, 5.74) is 5.90. The molecule has 1 N–H and O–H groups in total. The van der Waals surface area contributed by atoms with Crippen molar-refractivity contribution in [3.8, 4) is 11.8 Å². The van der Waals surface area contributed by atoms with E-state index in [1.807, 2.05) is 36.4 Å². The Balaban J connectivity index is 1.69. The van der Waals surface area contributed by atoms with Crippen LogP contribution in [0, 0.1) is 18.3 Å². The predicted molar refractivity (Wildman–Crippen MR) is 133 cm³/mol. The van der Waals surface area contributed by atoms with Gasteiger partial charge in [0, 0.05) is 23.5 Å². The molecule has 0 aliphatic heterocycles. The third-order valence-electron chi connectivity index (χ3n) is 5.53. The fourth-order valence-electron chi connectivity index (χ4n) is 3.96. The summed E-state index contributed by atoms with van der Waals surface area (Å²) in [4.78, 5) is 8.77. The molecule has 4 rings (SSSR count). The number of pyridine rings is 2. The molecule has 2 aromatic heterocycles. The average Bonchev–Trinajstić information content (AvgIpc) is 2.78. The highest BCUT2D eigenvalue weighted by molar-refractivity contribution is 6.32. The van der Waals surface area contributed by atoms with Crippen molar-refractivity contribution in [3.05, 3.63) is 88.3 Å². The summed E-state index contributed by atoms with van der Waals surface area (Å²) in [6.07, 6.45) is 3.33. The van der Waals surface area contributed by atoms with E-state index in [0.717, 1.165) is 33.5 Å². The van der Waals surface area contributed by atoms with Crippen LogP contribution < -0.4 is 10.1 Å². The number of hydrogen-bond acceptors (Lipinski definition) is 5. The van der Waals surface area contributed by atoms with Crippen LogP contribution in [-0.4, -0.2) is 9.97 Å². The molecular formula is C27H25ClN4O. The van der Waals surface area contributed by atoms with Crippen LogP contribution in [0.3, 0.4) is 0 Å². The maximum Gasteiger partial charge on any atom is 0.138 e. The normalized spacial score (nSPS) is 11.3. The molecule has 0 saturated carbocycles. The number of aryl methyl sites for hydroxylation is 1. The van der Waals surface area contributed by atoms with Gasteiger partial charge >= 0.3 is 0 Å². The van der Waals surface area contributed by atoms with Crippen molar-refractivity contribution < 1.29 is 4.74 Å². The molecule has 0 amide bonds. The second kappa shape index (κ2) is 9.09. The number of ether oxygens (including phenoxy) is 1. The predicted octanol–water partition coefficient (Wildman–Crippen LogP) is 7.08. The summed E-state index contributed by atoms with van der Waals surface area (Å²) in [5.74, 6) is 0.569. The molecule has 166 valence electrons. The minimum absolute atomic E-state index is 0.0336. The van der Waals surface area contributed by atoms with Gasteiger partial charge in [-0.1, -0.05) is 44.5 Å². The molecule has 4 aromatic rings. The number of rotatable bonds is 5. The summed E-state index contributed by atoms with van der Waals surface area (Å²) in [7, 11) is 0. The lowest BCUT2D eigenvalue weighted by molar-refractivity contribution is 0.301. The standard InChI is InChI=1S/C27H25ClN4O/c1-17-21(27(2,3)4)9-10-23-25(17)26(18(14-29)15-31-23)32-19-8-11-24(22(28)13-19)33-16-20-7-5-6-12-30-20/h5-13,15H,16H2,1-4H3,(H,31,32). The smallest absolute Gasteiger partial charge is 0.138 e. The number of hydrogen-bond donors (Lipinski definition) is 1. The second-order valence-electron chi connectivity index (χ2n) is 8.92. The molecular weight excluding hydrogens is 432 g/mol. The fourth-order valence-corrected chi connectivity index (χ4v) is 4.19. The monoisotopic (exact) mass is 456 g/mol. The molecule has 0 aliphatic rings. The van der Waals surface area contributed by atoms with Crippen molar-refractivity contribution in [1.82, 2.24) is 9.97 Å². The van der Waals surface area contributed by atoms with E-state index in [1.54, 1.807) is 18.5 Å². The van der Waals surface area contributed by atoms with Gasteiger partial charge in [0.25, 0.3) is 0 Å². The summed E-state index contributed by atoms with van der Waals surface area (Å²) < 4.78 is 5.83. The maximum atomic E-state index is 9.77. The minimum atomic E-state index is -0.0336. The number of nitrogens with zero attached hydrogens (tertiary/aromatic N) is 3. The Morgan fingerprint density at radius 2 is 1.91 bits per heavy atom. The maximum absolute atomic E-state index is 9.77. The van der Waals surface area contributed by atoms with Crippen molar-refractivity contribution in [2.24, 2.45) is 0 Å². The van der Waals surface area contributed by atoms with E-state index < -0.39 is 0 Å². The van der Waals surface area contributed by atoms with E-state index in [1.165, 1.54) is 5.56 Å². The van der Waals surface area contributed by atoms with Gasteiger partial charge in [-0.05, 0) is 59.9 Å². The first-order valence-electron chi connectivity index (χ1n) is 10.7. The Labute approximate surface area is 199 Å². The molecule has 0 aliphatic carbocycles. The van der Waals surface area contributed by atoms with Gasteiger partial charge in [-0.15, -0.1) is 0 Å². The number of halogens is 1. The van der Waals surface area contributed by atoms with Gasteiger partial charge in [-0.2, -0.15) is 5.26 Å². The topological polar surface area (TPSA) is 70.8 Å².